The highest BCUT2D eigenvalue weighted by Crippen LogP contribution is 2.31. The van der Waals surface area contributed by atoms with Gasteiger partial charge >= 0.3 is 0 Å². The first-order valence-electron chi connectivity index (χ1n) is 6.95. The van der Waals surface area contributed by atoms with Crippen molar-refractivity contribution in [1.29, 1.82) is 0 Å². The van der Waals surface area contributed by atoms with Crippen molar-refractivity contribution in [3.05, 3.63) is 78.4 Å². The van der Waals surface area contributed by atoms with E-state index in [-0.39, 0.29) is 5.69 Å². The van der Waals surface area contributed by atoms with E-state index in [0.717, 1.165) is 11.1 Å². The lowest BCUT2D eigenvalue weighted by Gasteiger charge is -2.21. The number of hydrogen-bond acceptors (Lipinski definition) is 2. The molecule has 0 unspecified atom stereocenters. The molecule has 1 heterocycles. The van der Waals surface area contributed by atoms with Gasteiger partial charge in [0.15, 0.2) is 11.6 Å². The van der Waals surface area contributed by atoms with Gasteiger partial charge in [0, 0.05) is 37.3 Å². The lowest BCUT2D eigenvalue weighted by molar-refractivity contribution is 0.544. The van der Waals surface area contributed by atoms with Crippen LogP contribution in [0.5, 0.6) is 0 Å². The van der Waals surface area contributed by atoms with Crippen LogP contribution in [0.2, 0.25) is 0 Å². The largest absolute Gasteiger partial charge is 0.340 e. The molecule has 3 aromatic rings. The molecule has 1 aromatic heterocycles. The fraction of sp³-hybridized carbons (Fsp3) is 0.0556. The second kappa shape index (κ2) is 6.12. The van der Waals surface area contributed by atoms with Crippen molar-refractivity contribution in [1.82, 2.24) is 4.98 Å². The van der Waals surface area contributed by atoms with Crippen molar-refractivity contribution in [3.8, 4) is 11.1 Å². The molecule has 0 radical (unpaired) electrons. The number of aromatic nitrogens is 1. The lowest BCUT2D eigenvalue weighted by atomic mass is 10.1. The summed E-state index contributed by atoms with van der Waals surface area (Å²) in [6.07, 6.45) is 3.42. The van der Waals surface area contributed by atoms with Crippen molar-refractivity contribution in [2.24, 2.45) is 0 Å². The third-order valence-corrected chi connectivity index (χ3v) is 3.57. The van der Waals surface area contributed by atoms with Gasteiger partial charge in [-0.1, -0.05) is 18.2 Å². The van der Waals surface area contributed by atoms with Gasteiger partial charge in [0.25, 0.3) is 0 Å². The Kier molecular flexibility index (Phi) is 4.02. The molecule has 0 aliphatic heterocycles. The average Bonchev–Trinajstić information content (AvgIpc) is 2.55. The first kappa shape index (κ1) is 15.1. The number of benzene rings is 2. The van der Waals surface area contributed by atoms with E-state index in [2.05, 4.69) is 4.98 Å². The van der Waals surface area contributed by atoms with Crippen molar-refractivity contribution in [3.63, 3.8) is 0 Å². The van der Waals surface area contributed by atoms with Gasteiger partial charge < -0.3 is 4.90 Å². The Bertz CT molecular complexity index is 794. The summed E-state index contributed by atoms with van der Waals surface area (Å²) in [5, 5.41) is 0. The minimum atomic E-state index is -0.943. The molecule has 116 valence electrons. The summed E-state index contributed by atoms with van der Waals surface area (Å²) in [6, 6.07) is 12.2. The highest BCUT2D eigenvalue weighted by atomic mass is 19.1. The summed E-state index contributed by atoms with van der Waals surface area (Å²) in [5.74, 6) is -2.83. The molecule has 0 atom stereocenters. The Hall–Kier alpha value is -2.82. The van der Waals surface area contributed by atoms with E-state index in [1.165, 1.54) is 11.9 Å². The number of pyridine rings is 1. The Balaban J connectivity index is 1.94. The predicted molar refractivity (Wildman–Crippen MR) is 84.1 cm³/mol. The minimum Gasteiger partial charge on any atom is -0.340 e. The molecule has 0 saturated heterocycles. The smallest absolute Gasteiger partial charge is 0.152 e. The molecule has 0 amide bonds. The fourth-order valence-corrected chi connectivity index (χ4v) is 2.40. The molecule has 0 bridgehead atoms. The van der Waals surface area contributed by atoms with Crippen molar-refractivity contribution in [2.45, 2.75) is 0 Å². The highest BCUT2D eigenvalue weighted by Gasteiger charge is 2.16. The molecular formula is C18H13F3N2. The zero-order chi connectivity index (χ0) is 16.4. The van der Waals surface area contributed by atoms with Crippen LogP contribution in [0.25, 0.3) is 11.1 Å². The maximum atomic E-state index is 13.9. The van der Waals surface area contributed by atoms with E-state index < -0.39 is 17.5 Å². The number of hydrogen-bond donors (Lipinski definition) is 0. The Morgan fingerprint density at radius 2 is 1.52 bits per heavy atom. The van der Waals surface area contributed by atoms with Gasteiger partial charge in [0.05, 0.1) is 0 Å². The zero-order valence-corrected chi connectivity index (χ0v) is 12.3. The molecule has 0 saturated carbocycles. The van der Waals surface area contributed by atoms with Crippen LogP contribution >= 0.6 is 0 Å². The number of nitrogens with zero attached hydrogens (tertiary/aromatic N) is 2. The molecule has 3 rings (SSSR count). The number of halogens is 3. The third-order valence-electron chi connectivity index (χ3n) is 3.57. The lowest BCUT2D eigenvalue weighted by Crippen LogP contribution is -2.13. The van der Waals surface area contributed by atoms with Crippen LogP contribution in [0.1, 0.15) is 0 Å². The molecule has 0 N–H and O–H groups in total. The van der Waals surface area contributed by atoms with E-state index in [1.54, 1.807) is 24.5 Å². The molecule has 2 aromatic carbocycles. The molecule has 23 heavy (non-hydrogen) atoms. The van der Waals surface area contributed by atoms with Crippen LogP contribution in [-0.2, 0) is 0 Å². The van der Waals surface area contributed by atoms with Crippen molar-refractivity contribution in [2.75, 3.05) is 11.9 Å². The second-order valence-electron chi connectivity index (χ2n) is 5.07. The number of anilines is 2. The predicted octanol–water partition coefficient (Wildman–Crippen LogP) is 4.93. The van der Waals surface area contributed by atoms with Crippen LogP contribution in [0.4, 0.5) is 24.5 Å². The molecule has 0 aliphatic carbocycles. The fourth-order valence-electron chi connectivity index (χ4n) is 2.40. The maximum Gasteiger partial charge on any atom is 0.152 e. The molecule has 0 fully saturated rings. The van der Waals surface area contributed by atoms with Crippen LogP contribution < -0.4 is 4.90 Å². The van der Waals surface area contributed by atoms with Crippen LogP contribution in [0, 0.1) is 17.5 Å². The van der Waals surface area contributed by atoms with Crippen LogP contribution in [-0.4, -0.2) is 12.0 Å². The monoisotopic (exact) mass is 314 g/mol. The first-order valence-corrected chi connectivity index (χ1v) is 6.95. The summed E-state index contributed by atoms with van der Waals surface area (Å²) in [7, 11) is 1.53. The van der Waals surface area contributed by atoms with Gasteiger partial charge in [-0.05, 0) is 29.3 Å². The van der Waals surface area contributed by atoms with E-state index >= 15 is 0 Å². The van der Waals surface area contributed by atoms with Gasteiger partial charge in [-0.3, -0.25) is 4.98 Å². The molecule has 0 spiro atoms. The summed E-state index contributed by atoms with van der Waals surface area (Å²) in [6.45, 7) is 0. The van der Waals surface area contributed by atoms with Gasteiger partial charge in [0.2, 0.25) is 0 Å². The minimum absolute atomic E-state index is 0.291. The SMILES string of the molecule is CN(c1ccc(-c2cccnc2)cc1)c1c(F)cc(F)cc1F. The Morgan fingerprint density at radius 1 is 0.870 bits per heavy atom. The van der Waals surface area contributed by atoms with Crippen LogP contribution in [0.15, 0.2) is 60.9 Å². The van der Waals surface area contributed by atoms with Gasteiger partial charge in [-0.2, -0.15) is 0 Å². The Morgan fingerprint density at radius 3 is 2.09 bits per heavy atom. The molecule has 0 aliphatic rings. The normalized spacial score (nSPS) is 10.6. The van der Waals surface area contributed by atoms with E-state index in [4.69, 9.17) is 0 Å². The second-order valence-corrected chi connectivity index (χ2v) is 5.07. The third kappa shape index (κ3) is 3.04. The zero-order valence-electron chi connectivity index (χ0n) is 12.3. The van der Waals surface area contributed by atoms with Crippen molar-refractivity contribution < 1.29 is 13.2 Å². The Labute approximate surface area is 131 Å². The summed E-state index contributed by atoms with van der Waals surface area (Å²) < 4.78 is 40.7. The molecule has 5 heteroatoms. The number of rotatable bonds is 3. The topological polar surface area (TPSA) is 16.1 Å². The highest BCUT2D eigenvalue weighted by molar-refractivity contribution is 5.69. The summed E-state index contributed by atoms with van der Waals surface area (Å²) in [4.78, 5) is 5.40. The molecule has 2 nitrogen and oxygen atoms in total. The summed E-state index contributed by atoms with van der Waals surface area (Å²) in [5.41, 5.74) is 2.18. The molecular weight excluding hydrogens is 301 g/mol. The van der Waals surface area contributed by atoms with E-state index in [1.807, 2.05) is 24.3 Å². The maximum absolute atomic E-state index is 13.9. The van der Waals surface area contributed by atoms with E-state index in [9.17, 15) is 13.2 Å². The van der Waals surface area contributed by atoms with Gasteiger partial charge in [-0.25, -0.2) is 13.2 Å². The summed E-state index contributed by atoms with van der Waals surface area (Å²) >= 11 is 0. The average molecular weight is 314 g/mol. The van der Waals surface area contributed by atoms with Crippen LogP contribution in [0.3, 0.4) is 0 Å². The van der Waals surface area contributed by atoms with Crippen molar-refractivity contribution >= 4 is 11.4 Å². The quantitative estimate of drug-likeness (QED) is 0.681. The van der Waals surface area contributed by atoms with E-state index in [0.29, 0.717) is 17.8 Å². The van der Waals surface area contributed by atoms with Gasteiger partial charge in [-0.15, -0.1) is 0 Å². The van der Waals surface area contributed by atoms with Gasteiger partial charge in [0.1, 0.15) is 11.5 Å². The standard InChI is InChI=1S/C18H13F3N2/c1-23(18-16(20)9-14(19)10-17(18)21)15-6-4-12(5-7-15)13-3-2-8-22-11-13/h2-11H,1H3. The first-order chi connectivity index (χ1) is 11.1.